The lowest BCUT2D eigenvalue weighted by molar-refractivity contribution is -0.384. The van der Waals surface area contributed by atoms with E-state index in [4.69, 9.17) is 4.42 Å². The molecule has 0 saturated carbocycles. The van der Waals surface area contributed by atoms with Crippen LogP contribution in [0.2, 0.25) is 0 Å². The molecule has 4 aromatic rings. The smallest absolute Gasteiger partial charge is 0.407 e. The molecule has 0 aliphatic rings. The van der Waals surface area contributed by atoms with Crippen LogP contribution in [-0.4, -0.2) is 25.2 Å². The van der Waals surface area contributed by atoms with Crippen molar-refractivity contribution in [1.29, 1.82) is 0 Å². The average Bonchev–Trinajstić information content (AvgIpc) is 3.20. The molecule has 30 heavy (non-hydrogen) atoms. The van der Waals surface area contributed by atoms with Gasteiger partial charge in [0, 0.05) is 16.6 Å². The first-order chi connectivity index (χ1) is 14.3. The van der Waals surface area contributed by atoms with E-state index in [1.807, 2.05) is 24.3 Å². The van der Waals surface area contributed by atoms with E-state index < -0.39 is 16.6 Å². The summed E-state index contributed by atoms with van der Waals surface area (Å²) in [6.45, 7) is 1.47. The van der Waals surface area contributed by atoms with E-state index in [9.17, 15) is 19.7 Å². The lowest BCUT2D eigenvalue weighted by atomic mass is 10.3. The highest BCUT2D eigenvalue weighted by molar-refractivity contribution is 9.10. The molecule has 0 spiro atoms. The number of hydrogen-bond acceptors (Lipinski definition) is 6. The van der Waals surface area contributed by atoms with Crippen molar-refractivity contribution in [2.45, 2.75) is 13.5 Å². The maximum atomic E-state index is 12.6. The summed E-state index contributed by atoms with van der Waals surface area (Å²) in [6.07, 6.45) is 0. The maximum Gasteiger partial charge on any atom is 0.420 e. The number of anilines is 1. The minimum Gasteiger partial charge on any atom is -0.407 e. The molecule has 0 aliphatic carbocycles. The van der Waals surface area contributed by atoms with E-state index >= 15 is 0 Å². The number of halogens is 1. The van der Waals surface area contributed by atoms with Gasteiger partial charge < -0.3 is 9.73 Å². The van der Waals surface area contributed by atoms with Crippen LogP contribution in [0.25, 0.3) is 16.8 Å². The van der Waals surface area contributed by atoms with Crippen molar-refractivity contribution in [2.75, 3.05) is 5.32 Å². The van der Waals surface area contributed by atoms with Crippen LogP contribution < -0.4 is 11.1 Å². The first-order valence-electron chi connectivity index (χ1n) is 8.72. The summed E-state index contributed by atoms with van der Waals surface area (Å²) in [5, 5.41) is 18.0. The number of carbonyl (C=O) groups is 1. The standard InChI is InChI=1S/C19H14BrN5O5/c1-11-7-17(24(22-11)13-4-2-3-12(20)8-13)21-18(26)10-23-15-6-5-14(25(28)29)9-16(15)30-19(23)27/h2-9H,10H2,1H3,(H,21,26). The SMILES string of the molecule is Cc1cc(NC(=O)Cn2c(=O)oc3cc([N+](=O)[O-])ccc32)n(-c2cccc(Br)c2)n1. The third-order valence-electron chi connectivity index (χ3n) is 4.32. The van der Waals surface area contributed by atoms with Gasteiger partial charge >= 0.3 is 5.76 Å². The molecule has 2 aromatic carbocycles. The Balaban J connectivity index is 1.61. The summed E-state index contributed by atoms with van der Waals surface area (Å²) >= 11 is 3.41. The number of nitrogens with one attached hydrogen (secondary N) is 1. The Morgan fingerprint density at radius 3 is 2.80 bits per heavy atom. The predicted molar refractivity (Wildman–Crippen MR) is 112 cm³/mol. The third kappa shape index (κ3) is 3.74. The van der Waals surface area contributed by atoms with Crippen LogP contribution in [0.3, 0.4) is 0 Å². The number of hydrogen-bond donors (Lipinski definition) is 1. The van der Waals surface area contributed by atoms with Gasteiger partial charge in [-0.3, -0.25) is 19.5 Å². The fraction of sp³-hybridized carbons (Fsp3) is 0.105. The van der Waals surface area contributed by atoms with Crippen LogP contribution >= 0.6 is 15.9 Å². The number of aryl methyl sites for hydroxylation is 1. The highest BCUT2D eigenvalue weighted by Crippen LogP contribution is 2.22. The van der Waals surface area contributed by atoms with Crippen molar-refractivity contribution in [3.63, 3.8) is 0 Å². The fourth-order valence-corrected chi connectivity index (χ4v) is 3.42. The second kappa shape index (κ2) is 7.59. The van der Waals surface area contributed by atoms with Gasteiger partial charge in [0.25, 0.3) is 5.69 Å². The van der Waals surface area contributed by atoms with Gasteiger partial charge in [-0.25, -0.2) is 9.48 Å². The molecule has 2 aromatic heterocycles. The summed E-state index contributed by atoms with van der Waals surface area (Å²) in [6, 6.07) is 12.9. The van der Waals surface area contributed by atoms with Crippen molar-refractivity contribution in [3.8, 4) is 5.69 Å². The summed E-state index contributed by atoms with van der Waals surface area (Å²) in [4.78, 5) is 35.1. The molecule has 0 radical (unpaired) electrons. The largest absolute Gasteiger partial charge is 0.420 e. The van der Waals surface area contributed by atoms with Crippen LogP contribution in [0, 0.1) is 17.0 Å². The van der Waals surface area contributed by atoms with E-state index in [0.29, 0.717) is 11.5 Å². The number of fused-ring (bicyclic) bond motifs is 1. The van der Waals surface area contributed by atoms with Crippen molar-refractivity contribution >= 4 is 44.4 Å². The molecule has 11 heteroatoms. The Hall–Kier alpha value is -3.73. The Bertz CT molecular complexity index is 1350. The number of benzene rings is 2. The van der Waals surface area contributed by atoms with E-state index in [1.54, 1.807) is 17.7 Å². The Labute approximate surface area is 177 Å². The van der Waals surface area contributed by atoms with Crippen molar-refractivity contribution in [1.82, 2.24) is 14.3 Å². The number of nitro groups is 1. The van der Waals surface area contributed by atoms with E-state index in [0.717, 1.165) is 20.8 Å². The molecule has 0 fully saturated rings. The molecular formula is C19H14BrN5O5. The van der Waals surface area contributed by atoms with Gasteiger partial charge in [-0.15, -0.1) is 0 Å². The zero-order valence-corrected chi connectivity index (χ0v) is 17.1. The Morgan fingerprint density at radius 2 is 2.07 bits per heavy atom. The van der Waals surface area contributed by atoms with Crippen LogP contribution in [0.4, 0.5) is 11.5 Å². The number of aromatic nitrogens is 3. The van der Waals surface area contributed by atoms with Crippen molar-refractivity contribution in [3.05, 3.63) is 79.4 Å². The molecule has 10 nitrogen and oxygen atoms in total. The summed E-state index contributed by atoms with van der Waals surface area (Å²) in [7, 11) is 0. The number of rotatable bonds is 5. The number of amides is 1. The summed E-state index contributed by atoms with van der Waals surface area (Å²) < 4.78 is 8.60. The summed E-state index contributed by atoms with van der Waals surface area (Å²) in [5.41, 5.74) is 1.56. The Morgan fingerprint density at radius 1 is 1.27 bits per heavy atom. The zero-order valence-electron chi connectivity index (χ0n) is 15.5. The monoisotopic (exact) mass is 471 g/mol. The average molecular weight is 472 g/mol. The zero-order chi connectivity index (χ0) is 21.4. The van der Waals surface area contributed by atoms with Gasteiger partial charge in [0.2, 0.25) is 5.91 Å². The van der Waals surface area contributed by atoms with Crippen molar-refractivity contribution in [2.24, 2.45) is 0 Å². The first-order valence-corrected chi connectivity index (χ1v) is 9.51. The van der Waals surface area contributed by atoms with Gasteiger partial charge in [-0.05, 0) is 31.2 Å². The molecule has 152 valence electrons. The van der Waals surface area contributed by atoms with Gasteiger partial charge in [-0.1, -0.05) is 22.0 Å². The van der Waals surface area contributed by atoms with E-state index in [2.05, 4.69) is 26.3 Å². The van der Waals surface area contributed by atoms with Crippen molar-refractivity contribution < 1.29 is 14.1 Å². The molecule has 1 amide bonds. The van der Waals surface area contributed by atoms with Crippen LogP contribution in [0.1, 0.15) is 5.69 Å². The lowest BCUT2D eigenvalue weighted by Gasteiger charge is -2.09. The number of nitrogens with zero attached hydrogens (tertiary/aromatic N) is 4. The quantitative estimate of drug-likeness (QED) is 0.351. The number of carbonyl (C=O) groups excluding carboxylic acids is 1. The highest BCUT2D eigenvalue weighted by Gasteiger charge is 2.17. The normalized spacial score (nSPS) is 11.0. The topological polar surface area (TPSA) is 125 Å². The molecule has 4 rings (SSSR count). The van der Waals surface area contributed by atoms with Gasteiger partial charge in [0.1, 0.15) is 12.4 Å². The number of oxazole rings is 1. The summed E-state index contributed by atoms with van der Waals surface area (Å²) in [5.74, 6) is -0.821. The van der Waals surface area contributed by atoms with E-state index in [1.165, 1.54) is 12.1 Å². The molecule has 0 unspecified atom stereocenters. The first kappa shape index (κ1) is 19.6. The second-order valence-corrected chi connectivity index (χ2v) is 7.39. The molecule has 0 atom stereocenters. The van der Waals surface area contributed by atoms with E-state index in [-0.39, 0.29) is 23.3 Å². The van der Waals surface area contributed by atoms with Gasteiger partial charge in [0.05, 0.1) is 27.9 Å². The molecule has 0 aliphatic heterocycles. The minimum absolute atomic E-state index is 0.0389. The highest BCUT2D eigenvalue weighted by atomic mass is 79.9. The number of non-ortho nitro benzene ring substituents is 1. The molecule has 2 heterocycles. The Kier molecular flexibility index (Phi) is 4.96. The van der Waals surface area contributed by atoms with Crippen LogP contribution in [0.15, 0.2) is 62.2 Å². The fourth-order valence-electron chi connectivity index (χ4n) is 3.04. The molecule has 0 bridgehead atoms. The minimum atomic E-state index is -0.780. The molecule has 1 N–H and O–H groups in total. The predicted octanol–water partition coefficient (Wildman–Crippen LogP) is 3.40. The molecular weight excluding hydrogens is 458 g/mol. The second-order valence-electron chi connectivity index (χ2n) is 6.47. The van der Waals surface area contributed by atoms with Crippen LogP contribution in [-0.2, 0) is 11.3 Å². The molecule has 0 saturated heterocycles. The van der Waals surface area contributed by atoms with Gasteiger partial charge in [0.15, 0.2) is 5.58 Å². The van der Waals surface area contributed by atoms with Crippen LogP contribution in [0.5, 0.6) is 0 Å². The van der Waals surface area contributed by atoms with Gasteiger partial charge in [-0.2, -0.15) is 5.10 Å². The maximum absolute atomic E-state index is 12.6. The number of nitro benzene ring substituents is 1. The third-order valence-corrected chi connectivity index (χ3v) is 4.81. The lowest BCUT2D eigenvalue weighted by Crippen LogP contribution is -2.25.